The molecule has 0 N–H and O–H groups in total. The summed E-state index contributed by atoms with van der Waals surface area (Å²) in [5, 5.41) is 0. The summed E-state index contributed by atoms with van der Waals surface area (Å²) in [4.78, 5) is 12.5. The third kappa shape index (κ3) is 1.91. The monoisotopic (exact) mass is 326 g/mol. The number of quaternary nitrogens is 1. The van der Waals surface area contributed by atoms with Crippen molar-refractivity contribution in [1.82, 2.24) is 0 Å². The zero-order valence-corrected chi connectivity index (χ0v) is 15.0. The van der Waals surface area contributed by atoms with E-state index in [0.717, 1.165) is 24.4 Å². The van der Waals surface area contributed by atoms with Gasteiger partial charge in [-0.3, -0.25) is 0 Å². The predicted molar refractivity (Wildman–Crippen MR) is 95.2 cm³/mol. The number of rotatable bonds is 4. The number of ether oxygens (including phenoxy) is 1. The Labute approximate surface area is 144 Å². The minimum atomic E-state index is -0.251. The van der Waals surface area contributed by atoms with Crippen molar-refractivity contribution < 1.29 is 14.0 Å². The molecule has 3 heteroatoms. The average Bonchev–Trinajstić information content (AvgIpc) is 2.93. The Morgan fingerprint density at radius 1 is 1.29 bits per heavy atom. The molecule has 3 fully saturated rings. The molecule has 1 aromatic rings. The highest BCUT2D eigenvalue weighted by Gasteiger charge is 2.79. The van der Waals surface area contributed by atoms with Gasteiger partial charge in [-0.1, -0.05) is 36.9 Å². The molecular formula is C21H28NO2+. The predicted octanol–water partition coefficient (Wildman–Crippen LogP) is 3.79. The van der Waals surface area contributed by atoms with Crippen LogP contribution in [-0.4, -0.2) is 41.7 Å². The molecule has 0 aromatic heterocycles. The summed E-state index contributed by atoms with van der Waals surface area (Å²) < 4.78 is 7.05. The number of likely N-dealkylation sites (tertiary alicyclic amines) is 1. The van der Waals surface area contributed by atoms with Crippen molar-refractivity contribution in [3.63, 3.8) is 0 Å². The number of hydrogen-bond donors (Lipinski definition) is 0. The van der Waals surface area contributed by atoms with Gasteiger partial charge in [-0.25, -0.2) is 4.79 Å². The molecule has 1 spiro atoms. The van der Waals surface area contributed by atoms with Gasteiger partial charge in [0, 0.05) is 19.3 Å². The molecule has 0 radical (unpaired) electrons. The maximum atomic E-state index is 12.5. The Morgan fingerprint density at radius 3 is 2.58 bits per heavy atom. The highest BCUT2D eigenvalue weighted by Crippen LogP contribution is 2.69. The molecule has 1 aromatic carbocycles. The summed E-state index contributed by atoms with van der Waals surface area (Å²) in [5.74, 6) is -0.251. The van der Waals surface area contributed by atoms with E-state index in [4.69, 9.17) is 4.74 Å². The van der Waals surface area contributed by atoms with Gasteiger partial charge >= 0.3 is 5.97 Å². The van der Waals surface area contributed by atoms with Crippen molar-refractivity contribution >= 4 is 11.5 Å². The summed E-state index contributed by atoms with van der Waals surface area (Å²) in [6.07, 6.45) is 4.78. The van der Waals surface area contributed by atoms with E-state index in [1.165, 1.54) is 17.3 Å². The first-order valence-electron chi connectivity index (χ1n) is 9.20. The fraction of sp³-hybridized carbons (Fsp3) is 0.571. The lowest BCUT2D eigenvalue weighted by Crippen LogP contribution is -2.85. The third-order valence-electron chi connectivity index (χ3n) is 7.40. The Hall–Kier alpha value is -1.61. The summed E-state index contributed by atoms with van der Waals surface area (Å²) in [7, 11) is 2.41. The van der Waals surface area contributed by atoms with Crippen LogP contribution in [0.1, 0.15) is 45.1 Å². The Kier molecular flexibility index (Phi) is 3.44. The number of hydrogen-bond acceptors (Lipinski definition) is 2. The number of carbonyl (C=O) groups excluding carboxylic acids is 1. The second-order valence-corrected chi connectivity index (χ2v) is 8.43. The molecule has 3 aliphatic rings. The van der Waals surface area contributed by atoms with Crippen LogP contribution in [-0.2, 0) is 9.53 Å². The highest BCUT2D eigenvalue weighted by molar-refractivity contribution is 6.15. The van der Waals surface area contributed by atoms with Crippen molar-refractivity contribution in [3.8, 4) is 0 Å². The van der Waals surface area contributed by atoms with Gasteiger partial charge < -0.3 is 9.22 Å². The number of benzene rings is 1. The standard InChI is InChI=1S/C21H28NO2/c1-14(2)22(4)18-10-11-21(18)13-17(12-19(21)22)24-20(23)15(3)16-8-6-5-7-9-16/h5-9,14,17-19H,3,10-13H2,1-2,4H3/q+1. The molecule has 128 valence electrons. The molecule has 2 saturated carbocycles. The number of esters is 1. The molecule has 0 amide bonds. The van der Waals surface area contributed by atoms with Gasteiger partial charge in [0.15, 0.2) is 0 Å². The topological polar surface area (TPSA) is 26.3 Å². The van der Waals surface area contributed by atoms with Crippen molar-refractivity contribution in [2.75, 3.05) is 7.05 Å². The lowest BCUT2D eigenvalue weighted by Gasteiger charge is -2.73. The largest absolute Gasteiger partial charge is 0.459 e. The summed E-state index contributed by atoms with van der Waals surface area (Å²) >= 11 is 0. The van der Waals surface area contributed by atoms with E-state index in [1.807, 2.05) is 30.3 Å². The maximum Gasteiger partial charge on any atom is 0.338 e. The molecule has 4 rings (SSSR count). The highest BCUT2D eigenvalue weighted by atomic mass is 16.5. The first kappa shape index (κ1) is 15.9. The Morgan fingerprint density at radius 2 is 2.00 bits per heavy atom. The van der Waals surface area contributed by atoms with Crippen LogP contribution in [0, 0.1) is 5.41 Å². The SMILES string of the molecule is C=C(C(=O)OC1CC2C3(CCC3[N+]2(C)C(C)C)C1)c1ccccc1. The van der Waals surface area contributed by atoms with Gasteiger partial charge in [0.25, 0.3) is 0 Å². The third-order valence-corrected chi connectivity index (χ3v) is 7.40. The molecule has 24 heavy (non-hydrogen) atoms. The summed E-state index contributed by atoms with van der Waals surface area (Å²) in [6.45, 7) is 8.61. The second kappa shape index (κ2) is 5.19. The molecule has 1 heterocycles. The van der Waals surface area contributed by atoms with Crippen molar-refractivity contribution in [2.24, 2.45) is 5.41 Å². The lowest BCUT2D eigenvalue weighted by atomic mass is 9.51. The van der Waals surface area contributed by atoms with E-state index < -0.39 is 0 Å². The van der Waals surface area contributed by atoms with Gasteiger partial charge in [0.2, 0.25) is 0 Å². The molecular weight excluding hydrogens is 298 g/mol. The first-order chi connectivity index (χ1) is 11.4. The van der Waals surface area contributed by atoms with E-state index in [-0.39, 0.29) is 12.1 Å². The van der Waals surface area contributed by atoms with Crippen molar-refractivity contribution in [1.29, 1.82) is 0 Å². The second-order valence-electron chi connectivity index (χ2n) is 8.43. The zero-order valence-electron chi connectivity index (χ0n) is 15.0. The van der Waals surface area contributed by atoms with Crippen LogP contribution >= 0.6 is 0 Å². The van der Waals surface area contributed by atoms with E-state index in [0.29, 0.717) is 23.1 Å². The van der Waals surface area contributed by atoms with Crippen LogP contribution in [0.2, 0.25) is 0 Å². The Balaban J connectivity index is 1.45. The van der Waals surface area contributed by atoms with Gasteiger partial charge in [-0.05, 0) is 25.8 Å². The van der Waals surface area contributed by atoms with Crippen LogP contribution in [0.3, 0.4) is 0 Å². The van der Waals surface area contributed by atoms with Crippen LogP contribution in [0.4, 0.5) is 0 Å². The first-order valence-corrected chi connectivity index (χ1v) is 9.20. The van der Waals surface area contributed by atoms with Gasteiger partial charge in [0.1, 0.15) is 18.2 Å². The van der Waals surface area contributed by atoms with Crippen LogP contribution < -0.4 is 0 Å². The van der Waals surface area contributed by atoms with Crippen LogP contribution in [0.15, 0.2) is 36.9 Å². The molecule has 5 atom stereocenters. The molecule has 1 aliphatic heterocycles. The molecule has 3 nitrogen and oxygen atoms in total. The van der Waals surface area contributed by atoms with E-state index in [1.54, 1.807) is 0 Å². The molecule has 0 bridgehead atoms. The normalized spacial score (nSPS) is 39.4. The minimum absolute atomic E-state index is 0.0597. The van der Waals surface area contributed by atoms with Crippen molar-refractivity contribution in [2.45, 2.75) is 63.8 Å². The van der Waals surface area contributed by atoms with Crippen molar-refractivity contribution in [3.05, 3.63) is 42.5 Å². The Bertz CT molecular complexity index is 682. The average molecular weight is 326 g/mol. The lowest BCUT2D eigenvalue weighted by molar-refractivity contribution is -1.05. The van der Waals surface area contributed by atoms with Gasteiger partial charge in [-0.2, -0.15) is 0 Å². The number of piperidine rings is 1. The molecule has 2 aliphatic carbocycles. The maximum absolute atomic E-state index is 12.5. The molecule has 5 unspecified atom stereocenters. The van der Waals surface area contributed by atoms with Crippen LogP contribution in [0.5, 0.6) is 0 Å². The fourth-order valence-electron chi connectivity index (χ4n) is 5.94. The summed E-state index contributed by atoms with van der Waals surface area (Å²) in [6, 6.07) is 11.7. The fourth-order valence-corrected chi connectivity index (χ4v) is 5.94. The summed E-state index contributed by atoms with van der Waals surface area (Å²) in [5.41, 5.74) is 1.78. The van der Waals surface area contributed by atoms with E-state index >= 15 is 0 Å². The van der Waals surface area contributed by atoms with E-state index in [9.17, 15) is 4.79 Å². The quantitative estimate of drug-likeness (QED) is 0.478. The van der Waals surface area contributed by atoms with E-state index in [2.05, 4.69) is 27.5 Å². The molecule has 1 saturated heterocycles. The smallest absolute Gasteiger partial charge is 0.338 e. The van der Waals surface area contributed by atoms with Gasteiger partial charge in [-0.15, -0.1) is 0 Å². The zero-order chi connectivity index (χ0) is 17.1. The number of nitrogens with zero attached hydrogens (tertiary/aromatic N) is 1. The number of carbonyl (C=O) groups is 1. The minimum Gasteiger partial charge on any atom is -0.459 e. The van der Waals surface area contributed by atoms with Gasteiger partial charge in [0.05, 0.1) is 24.1 Å². The van der Waals surface area contributed by atoms with Crippen LogP contribution in [0.25, 0.3) is 5.57 Å².